The first-order valence-electron chi connectivity index (χ1n) is 8.58. The fourth-order valence-electron chi connectivity index (χ4n) is 2.56. The zero-order valence-corrected chi connectivity index (χ0v) is 15.0. The van der Waals surface area contributed by atoms with Crippen LogP contribution in [0.15, 0.2) is 67.3 Å². The van der Waals surface area contributed by atoms with E-state index in [1.807, 2.05) is 43.3 Å². The number of aryl methyl sites for hydroxylation is 1. The van der Waals surface area contributed by atoms with Gasteiger partial charge in [-0.3, -0.25) is 19.6 Å². The van der Waals surface area contributed by atoms with Crippen LogP contribution in [-0.4, -0.2) is 21.8 Å². The lowest BCUT2D eigenvalue weighted by molar-refractivity contribution is 0.0950. The minimum absolute atomic E-state index is 0.271. The van der Waals surface area contributed by atoms with Gasteiger partial charge in [0.2, 0.25) is 0 Å². The molecule has 0 bridgehead atoms. The van der Waals surface area contributed by atoms with Crippen LogP contribution in [0.4, 0.5) is 0 Å². The molecule has 0 saturated carbocycles. The Balaban J connectivity index is 1.61. The highest BCUT2D eigenvalue weighted by atomic mass is 16.2. The van der Waals surface area contributed by atoms with E-state index >= 15 is 0 Å². The van der Waals surface area contributed by atoms with Gasteiger partial charge in [-0.2, -0.15) is 0 Å². The molecule has 0 aliphatic heterocycles. The Kier molecular flexibility index (Phi) is 5.89. The molecule has 0 fully saturated rings. The standard InChI is InChI=1S/C21H20N4O2/c1-15-5-2-3-7-17(15)14-25-21(27)19-9-18(12-23-13-19)20(26)24-11-16-6-4-8-22-10-16/h2-10,12-13H,11,14H2,1H3,(H,24,26)(H,25,27). The third kappa shape index (κ3) is 4.98. The molecule has 3 aromatic rings. The van der Waals surface area contributed by atoms with Crippen LogP contribution < -0.4 is 10.6 Å². The number of nitrogens with one attached hydrogen (secondary N) is 2. The quantitative estimate of drug-likeness (QED) is 0.708. The van der Waals surface area contributed by atoms with E-state index < -0.39 is 0 Å². The van der Waals surface area contributed by atoms with Gasteiger partial charge in [-0.1, -0.05) is 30.3 Å². The summed E-state index contributed by atoms with van der Waals surface area (Å²) in [5, 5.41) is 5.66. The maximum atomic E-state index is 12.4. The molecule has 2 N–H and O–H groups in total. The number of rotatable bonds is 6. The Bertz CT molecular complexity index is 942. The van der Waals surface area contributed by atoms with Crippen LogP contribution in [0.3, 0.4) is 0 Å². The lowest BCUT2D eigenvalue weighted by atomic mass is 10.1. The minimum atomic E-state index is -0.292. The Hall–Kier alpha value is -3.54. The molecule has 27 heavy (non-hydrogen) atoms. The fraction of sp³-hybridized carbons (Fsp3) is 0.143. The predicted molar refractivity (Wildman–Crippen MR) is 102 cm³/mol. The lowest BCUT2D eigenvalue weighted by Crippen LogP contribution is -2.26. The van der Waals surface area contributed by atoms with Gasteiger partial charge in [0.15, 0.2) is 0 Å². The minimum Gasteiger partial charge on any atom is -0.348 e. The van der Waals surface area contributed by atoms with Crippen LogP contribution in [-0.2, 0) is 13.1 Å². The monoisotopic (exact) mass is 360 g/mol. The first-order valence-corrected chi connectivity index (χ1v) is 8.58. The van der Waals surface area contributed by atoms with Crippen LogP contribution in [0, 0.1) is 6.92 Å². The third-order valence-electron chi connectivity index (χ3n) is 4.14. The Morgan fingerprint density at radius 1 is 0.852 bits per heavy atom. The molecule has 2 heterocycles. The van der Waals surface area contributed by atoms with Crippen LogP contribution >= 0.6 is 0 Å². The van der Waals surface area contributed by atoms with Crippen molar-refractivity contribution in [3.8, 4) is 0 Å². The van der Waals surface area contributed by atoms with E-state index in [-0.39, 0.29) is 11.8 Å². The molecule has 3 rings (SSSR count). The van der Waals surface area contributed by atoms with Gasteiger partial charge in [0, 0.05) is 37.9 Å². The summed E-state index contributed by atoms with van der Waals surface area (Å²) in [6.45, 7) is 2.77. The number of amides is 2. The molecule has 0 spiro atoms. The maximum Gasteiger partial charge on any atom is 0.253 e. The topological polar surface area (TPSA) is 84.0 Å². The normalized spacial score (nSPS) is 10.3. The van der Waals surface area contributed by atoms with Crippen molar-refractivity contribution in [2.75, 3.05) is 0 Å². The summed E-state index contributed by atoms with van der Waals surface area (Å²) in [4.78, 5) is 32.7. The first-order chi connectivity index (χ1) is 13.1. The Labute approximate surface area is 157 Å². The highest BCUT2D eigenvalue weighted by molar-refractivity contribution is 5.99. The highest BCUT2D eigenvalue weighted by Gasteiger charge is 2.11. The average molecular weight is 360 g/mol. The smallest absolute Gasteiger partial charge is 0.253 e. The molecule has 2 aromatic heterocycles. The van der Waals surface area contributed by atoms with Crippen LogP contribution in [0.25, 0.3) is 0 Å². The van der Waals surface area contributed by atoms with Crippen molar-refractivity contribution in [3.05, 3.63) is 95.1 Å². The predicted octanol–water partition coefficient (Wildman–Crippen LogP) is 2.65. The van der Waals surface area contributed by atoms with Gasteiger partial charge in [0.05, 0.1) is 11.1 Å². The molecule has 0 radical (unpaired) electrons. The first kappa shape index (κ1) is 18.3. The molecule has 2 amide bonds. The van der Waals surface area contributed by atoms with E-state index in [1.165, 1.54) is 12.4 Å². The van der Waals surface area contributed by atoms with Crippen LogP contribution in [0.1, 0.15) is 37.4 Å². The second kappa shape index (κ2) is 8.71. The highest BCUT2D eigenvalue weighted by Crippen LogP contribution is 2.08. The van der Waals surface area contributed by atoms with Gasteiger partial charge in [-0.05, 0) is 35.7 Å². The number of hydrogen-bond acceptors (Lipinski definition) is 4. The van der Waals surface area contributed by atoms with Gasteiger partial charge in [0.25, 0.3) is 11.8 Å². The summed E-state index contributed by atoms with van der Waals surface area (Å²) in [6.07, 6.45) is 6.25. The second-order valence-electron chi connectivity index (χ2n) is 6.12. The molecule has 0 aliphatic carbocycles. The van der Waals surface area contributed by atoms with Crippen molar-refractivity contribution in [2.45, 2.75) is 20.0 Å². The van der Waals surface area contributed by atoms with Crippen molar-refractivity contribution >= 4 is 11.8 Å². The Morgan fingerprint density at radius 2 is 1.56 bits per heavy atom. The molecule has 0 atom stereocenters. The van der Waals surface area contributed by atoms with E-state index in [4.69, 9.17) is 0 Å². The molecule has 0 aliphatic rings. The average Bonchev–Trinajstić information content (AvgIpc) is 2.72. The van der Waals surface area contributed by atoms with E-state index in [2.05, 4.69) is 20.6 Å². The maximum absolute atomic E-state index is 12.4. The molecular formula is C21H20N4O2. The number of nitrogens with zero attached hydrogens (tertiary/aromatic N) is 2. The molecule has 6 heteroatoms. The third-order valence-corrected chi connectivity index (χ3v) is 4.14. The zero-order chi connectivity index (χ0) is 19.1. The summed E-state index contributed by atoms with van der Waals surface area (Å²) >= 11 is 0. The number of carbonyl (C=O) groups is 2. The van der Waals surface area contributed by atoms with Crippen molar-refractivity contribution in [3.63, 3.8) is 0 Å². The summed E-state index contributed by atoms with van der Waals surface area (Å²) in [5.41, 5.74) is 3.73. The Morgan fingerprint density at radius 3 is 2.22 bits per heavy atom. The second-order valence-corrected chi connectivity index (χ2v) is 6.12. The molecule has 0 unspecified atom stereocenters. The van der Waals surface area contributed by atoms with Gasteiger partial charge >= 0.3 is 0 Å². The molecule has 136 valence electrons. The number of aromatic nitrogens is 2. The van der Waals surface area contributed by atoms with Crippen molar-refractivity contribution in [2.24, 2.45) is 0 Å². The van der Waals surface area contributed by atoms with E-state index in [9.17, 15) is 9.59 Å². The van der Waals surface area contributed by atoms with Crippen LogP contribution in [0.2, 0.25) is 0 Å². The summed E-state index contributed by atoms with van der Waals surface area (Å²) < 4.78 is 0. The zero-order valence-electron chi connectivity index (χ0n) is 15.0. The van der Waals surface area contributed by atoms with E-state index in [1.54, 1.807) is 18.5 Å². The van der Waals surface area contributed by atoms with Crippen molar-refractivity contribution in [1.29, 1.82) is 0 Å². The van der Waals surface area contributed by atoms with Crippen molar-refractivity contribution < 1.29 is 9.59 Å². The lowest BCUT2D eigenvalue weighted by Gasteiger charge is -2.09. The molecular weight excluding hydrogens is 340 g/mol. The van der Waals surface area contributed by atoms with Gasteiger partial charge in [-0.15, -0.1) is 0 Å². The fourth-order valence-corrected chi connectivity index (χ4v) is 2.56. The summed E-state index contributed by atoms with van der Waals surface area (Å²) in [5.74, 6) is -0.562. The SMILES string of the molecule is Cc1ccccc1CNC(=O)c1cncc(C(=O)NCc2cccnc2)c1. The molecule has 6 nitrogen and oxygen atoms in total. The summed E-state index contributed by atoms with van der Waals surface area (Å²) in [6, 6.07) is 13.1. The number of hydrogen-bond donors (Lipinski definition) is 2. The number of pyridine rings is 2. The largest absolute Gasteiger partial charge is 0.348 e. The molecule has 0 saturated heterocycles. The molecule has 1 aromatic carbocycles. The van der Waals surface area contributed by atoms with E-state index in [0.29, 0.717) is 24.2 Å². The van der Waals surface area contributed by atoms with Crippen LogP contribution in [0.5, 0.6) is 0 Å². The number of carbonyl (C=O) groups excluding carboxylic acids is 2. The van der Waals surface area contributed by atoms with Gasteiger partial charge in [0.1, 0.15) is 0 Å². The van der Waals surface area contributed by atoms with E-state index in [0.717, 1.165) is 16.7 Å². The van der Waals surface area contributed by atoms with Crippen molar-refractivity contribution in [1.82, 2.24) is 20.6 Å². The number of benzene rings is 1. The summed E-state index contributed by atoms with van der Waals surface area (Å²) in [7, 11) is 0. The van der Waals surface area contributed by atoms with Gasteiger partial charge < -0.3 is 10.6 Å². The van der Waals surface area contributed by atoms with Gasteiger partial charge in [-0.25, -0.2) is 0 Å².